The topological polar surface area (TPSA) is 35.2 Å². The van der Waals surface area contributed by atoms with E-state index in [1.165, 1.54) is 11.1 Å². The first-order valence-corrected chi connectivity index (χ1v) is 7.20. The van der Waals surface area contributed by atoms with E-state index < -0.39 is 0 Å². The molecule has 2 heteroatoms. The Kier molecular flexibility index (Phi) is 4.80. The third kappa shape index (κ3) is 3.02. The van der Waals surface area contributed by atoms with Gasteiger partial charge in [0, 0.05) is 0 Å². The zero-order valence-electron chi connectivity index (χ0n) is 12.5. The summed E-state index contributed by atoms with van der Waals surface area (Å²) >= 11 is 0. The second-order valence-electron chi connectivity index (χ2n) is 4.99. The molecule has 1 atom stereocenters. The summed E-state index contributed by atoms with van der Waals surface area (Å²) in [7, 11) is 1.68. The second kappa shape index (κ2) is 6.58. The summed E-state index contributed by atoms with van der Waals surface area (Å²) in [6, 6.07) is 14.4. The monoisotopic (exact) mass is 269 g/mol. The van der Waals surface area contributed by atoms with Gasteiger partial charge in [-0.05, 0) is 47.2 Å². The minimum absolute atomic E-state index is 0.110. The number of nitrogens with two attached hydrogens (primary N) is 1. The highest BCUT2D eigenvalue weighted by atomic mass is 16.5. The first-order valence-electron chi connectivity index (χ1n) is 7.20. The SMILES string of the molecule is CCc1ccc(C(N)c2cccc(OC)c2)cc1CC. The van der Waals surface area contributed by atoms with E-state index >= 15 is 0 Å². The van der Waals surface area contributed by atoms with E-state index in [1.807, 2.05) is 24.3 Å². The molecule has 0 aliphatic heterocycles. The van der Waals surface area contributed by atoms with Crippen molar-refractivity contribution in [2.75, 3.05) is 7.11 Å². The number of aryl methyl sites for hydroxylation is 2. The number of benzene rings is 2. The van der Waals surface area contributed by atoms with Crippen LogP contribution in [0.4, 0.5) is 0 Å². The van der Waals surface area contributed by atoms with E-state index in [2.05, 4.69) is 32.0 Å². The van der Waals surface area contributed by atoms with E-state index in [0.29, 0.717) is 0 Å². The summed E-state index contributed by atoms with van der Waals surface area (Å²) in [5.74, 6) is 0.846. The minimum atomic E-state index is -0.110. The fourth-order valence-electron chi connectivity index (χ4n) is 2.54. The van der Waals surface area contributed by atoms with Crippen LogP contribution in [0.3, 0.4) is 0 Å². The van der Waals surface area contributed by atoms with Gasteiger partial charge < -0.3 is 10.5 Å². The molecule has 2 aromatic carbocycles. The van der Waals surface area contributed by atoms with Crippen LogP contribution in [-0.2, 0) is 12.8 Å². The van der Waals surface area contributed by atoms with Crippen molar-refractivity contribution in [1.29, 1.82) is 0 Å². The van der Waals surface area contributed by atoms with Gasteiger partial charge in [-0.25, -0.2) is 0 Å². The van der Waals surface area contributed by atoms with Crippen molar-refractivity contribution in [3.8, 4) is 5.75 Å². The number of rotatable bonds is 5. The lowest BCUT2D eigenvalue weighted by atomic mass is 9.94. The molecule has 0 aliphatic carbocycles. The van der Waals surface area contributed by atoms with Crippen molar-refractivity contribution in [3.63, 3.8) is 0 Å². The Balaban J connectivity index is 2.34. The van der Waals surface area contributed by atoms with Crippen LogP contribution in [0.5, 0.6) is 5.75 Å². The molecule has 2 aromatic rings. The van der Waals surface area contributed by atoms with E-state index in [4.69, 9.17) is 10.5 Å². The number of hydrogen-bond donors (Lipinski definition) is 1. The third-order valence-corrected chi connectivity index (χ3v) is 3.80. The van der Waals surface area contributed by atoms with E-state index in [1.54, 1.807) is 7.11 Å². The predicted molar refractivity (Wildman–Crippen MR) is 84.2 cm³/mol. The molecule has 2 rings (SSSR count). The molecule has 0 spiro atoms. The molecule has 0 fully saturated rings. The molecule has 1 unspecified atom stereocenters. The summed E-state index contributed by atoms with van der Waals surface area (Å²) in [4.78, 5) is 0. The number of ether oxygens (including phenoxy) is 1. The highest BCUT2D eigenvalue weighted by molar-refractivity contribution is 5.40. The Morgan fingerprint density at radius 2 is 1.65 bits per heavy atom. The van der Waals surface area contributed by atoms with Gasteiger partial charge in [-0.3, -0.25) is 0 Å². The second-order valence-corrected chi connectivity index (χ2v) is 4.99. The lowest BCUT2D eigenvalue weighted by molar-refractivity contribution is 0.414. The molecule has 0 bridgehead atoms. The minimum Gasteiger partial charge on any atom is -0.497 e. The average Bonchev–Trinajstić information content (AvgIpc) is 2.53. The molecule has 0 aromatic heterocycles. The molecule has 2 N–H and O–H groups in total. The quantitative estimate of drug-likeness (QED) is 0.894. The van der Waals surface area contributed by atoms with E-state index in [-0.39, 0.29) is 6.04 Å². The normalized spacial score (nSPS) is 12.2. The summed E-state index contributed by atoms with van der Waals surface area (Å²) in [5.41, 5.74) is 11.4. The van der Waals surface area contributed by atoms with Crippen LogP contribution in [0.15, 0.2) is 42.5 Å². The molecule has 0 aliphatic rings. The van der Waals surface area contributed by atoms with Crippen molar-refractivity contribution in [2.45, 2.75) is 32.7 Å². The van der Waals surface area contributed by atoms with Crippen LogP contribution in [0, 0.1) is 0 Å². The molecule has 0 amide bonds. The van der Waals surface area contributed by atoms with Crippen LogP contribution < -0.4 is 10.5 Å². The Labute approximate surface area is 121 Å². The van der Waals surface area contributed by atoms with Crippen molar-refractivity contribution in [1.82, 2.24) is 0 Å². The van der Waals surface area contributed by atoms with Gasteiger partial charge in [-0.2, -0.15) is 0 Å². The molecule has 106 valence electrons. The molecule has 0 heterocycles. The number of hydrogen-bond acceptors (Lipinski definition) is 2. The van der Waals surface area contributed by atoms with E-state index in [9.17, 15) is 0 Å². The lowest BCUT2D eigenvalue weighted by Crippen LogP contribution is -2.12. The largest absolute Gasteiger partial charge is 0.497 e. The van der Waals surface area contributed by atoms with Crippen LogP contribution in [-0.4, -0.2) is 7.11 Å². The van der Waals surface area contributed by atoms with Crippen molar-refractivity contribution >= 4 is 0 Å². The first kappa shape index (κ1) is 14.6. The van der Waals surface area contributed by atoms with Crippen molar-refractivity contribution < 1.29 is 4.74 Å². The van der Waals surface area contributed by atoms with Crippen molar-refractivity contribution in [3.05, 3.63) is 64.7 Å². The van der Waals surface area contributed by atoms with Gasteiger partial charge in [-0.1, -0.05) is 44.2 Å². The Morgan fingerprint density at radius 1 is 0.950 bits per heavy atom. The average molecular weight is 269 g/mol. The van der Waals surface area contributed by atoms with Gasteiger partial charge in [0.15, 0.2) is 0 Å². The Hall–Kier alpha value is -1.80. The number of methoxy groups -OCH3 is 1. The summed E-state index contributed by atoms with van der Waals surface area (Å²) in [5, 5.41) is 0. The van der Waals surface area contributed by atoms with Gasteiger partial charge in [-0.15, -0.1) is 0 Å². The zero-order chi connectivity index (χ0) is 14.5. The van der Waals surface area contributed by atoms with Crippen molar-refractivity contribution in [2.24, 2.45) is 5.73 Å². The molecule has 0 saturated carbocycles. The maximum atomic E-state index is 6.40. The first-order chi connectivity index (χ1) is 9.69. The van der Waals surface area contributed by atoms with Gasteiger partial charge in [0.25, 0.3) is 0 Å². The maximum Gasteiger partial charge on any atom is 0.119 e. The van der Waals surface area contributed by atoms with Gasteiger partial charge in [0.2, 0.25) is 0 Å². The Bertz CT molecular complexity index is 577. The van der Waals surface area contributed by atoms with Crippen LogP contribution >= 0.6 is 0 Å². The fourth-order valence-corrected chi connectivity index (χ4v) is 2.54. The summed E-state index contributed by atoms with van der Waals surface area (Å²) in [6.45, 7) is 4.38. The van der Waals surface area contributed by atoms with Crippen LogP contribution in [0.2, 0.25) is 0 Å². The zero-order valence-corrected chi connectivity index (χ0v) is 12.5. The van der Waals surface area contributed by atoms with Gasteiger partial charge >= 0.3 is 0 Å². The summed E-state index contributed by atoms with van der Waals surface area (Å²) < 4.78 is 5.27. The molecular weight excluding hydrogens is 246 g/mol. The van der Waals surface area contributed by atoms with E-state index in [0.717, 1.165) is 29.7 Å². The maximum absolute atomic E-state index is 6.40. The van der Waals surface area contributed by atoms with Gasteiger partial charge in [0.05, 0.1) is 13.2 Å². The fraction of sp³-hybridized carbons (Fsp3) is 0.333. The lowest BCUT2D eigenvalue weighted by Gasteiger charge is -2.16. The summed E-state index contributed by atoms with van der Waals surface area (Å²) in [6.07, 6.45) is 2.11. The standard InChI is InChI=1S/C18H23NO/c1-4-13-9-10-16(11-14(13)5-2)18(19)15-7-6-8-17(12-15)20-3/h6-12,18H,4-5,19H2,1-3H3. The predicted octanol–water partition coefficient (Wildman–Crippen LogP) is 3.87. The molecular formula is C18H23NO. The molecule has 0 radical (unpaired) electrons. The molecule has 20 heavy (non-hydrogen) atoms. The van der Waals surface area contributed by atoms with Crippen LogP contribution in [0.25, 0.3) is 0 Å². The highest BCUT2D eigenvalue weighted by Gasteiger charge is 2.11. The molecule has 0 saturated heterocycles. The smallest absolute Gasteiger partial charge is 0.119 e. The third-order valence-electron chi connectivity index (χ3n) is 3.80. The molecule has 2 nitrogen and oxygen atoms in total. The van der Waals surface area contributed by atoms with Gasteiger partial charge in [0.1, 0.15) is 5.75 Å². The van der Waals surface area contributed by atoms with Crippen LogP contribution in [0.1, 0.15) is 42.1 Å². The Morgan fingerprint density at radius 3 is 2.30 bits per heavy atom. The highest BCUT2D eigenvalue weighted by Crippen LogP contribution is 2.25.